The number of carbonyl (C=O) groups is 3. The van der Waals surface area contributed by atoms with Gasteiger partial charge in [0.1, 0.15) is 0 Å². The monoisotopic (exact) mass is 714 g/mol. The molecule has 0 aromatic heterocycles. The second-order valence-corrected chi connectivity index (χ2v) is 13.6. The summed E-state index contributed by atoms with van der Waals surface area (Å²) >= 11 is 0. The first kappa shape index (κ1) is 36.9. The number of halogens is 2. The van der Waals surface area contributed by atoms with Crippen LogP contribution in [0.25, 0.3) is 5.57 Å². The van der Waals surface area contributed by atoms with Crippen molar-refractivity contribution in [3.63, 3.8) is 0 Å². The van der Waals surface area contributed by atoms with Crippen LogP contribution in [-0.4, -0.2) is 46.2 Å². The number of carboxylic acid groups (broad SMARTS) is 1. The number of hydrogen-bond acceptors (Lipinski definition) is 4. The van der Waals surface area contributed by atoms with Gasteiger partial charge in [-0.05, 0) is 110 Å². The molecule has 9 nitrogen and oxygen atoms in total. The Bertz CT molecular complexity index is 1920. The van der Waals surface area contributed by atoms with Gasteiger partial charge >= 0.3 is 17.9 Å². The zero-order valence-corrected chi connectivity index (χ0v) is 29.2. The molecule has 5 rings (SSSR count). The Balaban J connectivity index is 1.38. The third-order valence-electron chi connectivity index (χ3n) is 8.59. The number of amides is 3. The Morgan fingerprint density at radius 2 is 1.61 bits per heavy atom. The SMILES string of the molecule is CCN(c1ccccc1)S(=O)c1cc(NC(=O)N(Cc2ccc(C(=O)NCC(F)(F)C(=O)O)cc2)c2ccc(C3=CCCCC3)cc2)ccc1C. The van der Waals surface area contributed by atoms with Gasteiger partial charge in [-0.3, -0.25) is 14.0 Å². The maximum Gasteiger partial charge on any atom is 0.376 e. The third kappa shape index (κ3) is 9.26. The lowest BCUT2D eigenvalue weighted by Gasteiger charge is -2.25. The number of hydrogen-bond donors (Lipinski definition) is 3. The maximum atomic E-state index is 14.0. The smallest absolute Gasteiger partial charge is 0.376 e. The zero-order chi connectivity index (χ0) is 36.5. The van der Waals surface area contributed by atoms with Crippen LogP contribution in [0.5, 0.6) is 0 Å². The van der Waals surface area contributed by atoms with E-state index in [4.69, 9.17) is 5.11 Å². The van der Waals surface area contributed by atoms with Gasteiger partial charge < -0.3 is 15.7 Å². The Labute approximate surface area is 298 Å². The van der Waals surface area contributed by atoms with E-state index in [9.17, 15) is 27.4 Å². The Kier molecular flexibility index (Phi) is 12.0. The van der Waals surface area contributed by atoms with E-state index in [1.807, 2.05) is 79.8 Å². The minimum Gasteiger partial charge on any atom is -0.477 e. The summed E-state index contributed by atoms with van der Waals surface area (Å²) < 4.78 is 42.5. The molecule has 0 spiro atoms. The van der Waals surface area contributed by atoms with Crippen LogP contribution in [0, 0.1) is 6.92 Å². The topological polar surface area (TPSA) is 119 Å². The van der Waals surface area contributed by atoms with Gasteiger partial charge in [0.25, 0.3) is 5.91 Å². The van der Waals surface area contributed by atoms with E-state index in [-0.39, 0.29) is 12.1 Å². The fraction of sp³-hybridized carbons (Fsp3) is 0.256. The number of carboxylic acids is 1. The summed E-state index contributed by atoms with van der Waals surface area (Å²) in [4.78, 5) is 39.3. The van der Waals surface area contributed by atoms with Gasteiger partial charge in [0.05, 0.1) is 18.0 Å². The molecule has 12 heteroatoms. The number of aliphatic carboxylic acids is 1. The Morgan fingerprint density at radius 1 is 0.902 bits per heavy atom. The zero-order valence-electron chi connectivity index (χ0n) is 28.4. The van der Waals surface area contributed by atoms with Crippen molar-refractivity contribution < 1.29 is 32.5 Å². The molecule has 0 heterocycles. The molecule has 4 aromatic carbocycles. The summed E-state index contributed by atoms with van der Waals surface area (Å²) in [6.45, 7) is 3.05. The van der Waals surface area contributed by atoms with Gasteiger partial charge in [-0.1, -0.05) is 54.6 Å². The molecule has 3 amide bonds. The van der Waals surface area contributed by atoms with E-state index in [2.05, 4.69) is 11.4 Å². The molecule has 4 aromatic rings. The molecule has 0 saturated heterocycles. The van der Waals surface area contributed by atoms with Gasteiger partial charge in [0.2, 0.25) is 0 Å². The number of allylic oxidation sites excluding steroid dienone is 2. The third-order valence-corrected chi connectivity index (χ3v) is 10.3. The number of rotatable bonds is 13. The average Bonchev–Trinajstić information content (AvgIpc) is 3.15. The highest BCUT2D eigenvalue weighted by molar-refractivity contribution is 7.86. The summed E-state index contributed by atoms with van der Waals surface area (Å²) in [5.74, 6) is -7.28. The predicted octanol–water partition coefficient (Wildman–Crippen LogP) is 8.19. The first-order valence-corrected chi connectivity index (χ1v) is 17.8. The number of para-hydroxylation sites is 1. The first-order chi connectivity index (χ1) is 24.5. The number of anilines is 3. The lowest BCUT2D eigenvalue weighted by molar-refractivity contribution is -0.163. The summed E-state index contributed by atoms with van der Waals surface area (Å²) in [6, 6.07) is 28.1. The molecule has 0 radical (unpaired) electrons. The number of nitrogens with one attached hydrogen (secondary N) is 2. The number of aryl methyl sites for hydroxylation is 1. The molecular formula is C39H40F2N4O5S. The molecule has 0 saturated carbocycles. The van der Waals surface area contributed by atoms with E-state index < -0.39 is 41.4 Å². The normalized spacial score (nSPS) is 13.5. The fourth-order valence-corrected chi connectivity index (χ4v) is 7.07. The molecule has 1 unspecified atom stereocenters. The van der Waals surface area contributed by atoms with Crippen LogP contribution in [0.15, 0.2) is 108 Å². The van der Waals surface area contributed by atoms with Crippen LogP contribution in [-0.2, 0) is 22.3 Å². The highest BCUT2D eigenvalue weighted by Crippen LogP contribution is 2.30. The lowest BCUT2D eigenvalue weighted by atomic mass is 9.93. The molecule has 1 aliphatic rings. The van der Waals surface area contributed by atoms with E-state index in [1.165, 1.54) is 24.1 Å². The minimum absolute atomic E-state index is 0.0536. The molecular weight excluding hydrogens is 675 g/mol. The van der Waals surface area contributed by atoms with Crippen molar-refractivity contribution in [2.45, 2.75) is 56.9 Å². The average molecular weight is 715 g/mol. The molecule has 3 N–H and O–H groups in total. The summed E-state index contributed by atoms with van der Waals surface area (Å²) in [5.41, 5.74) is 5.75. The van der Waals surface area contributed by atoms with Crippen LogP contribution >= 0.6 is 0 Å². The van der Waals surface area contributed by atoms with Crippen molar-refractivity contribution in [2.24, 2.45) is 0 Å². The molecule has 51 heavy (non-hydrogen) atoms. The standard InChI is InChI=1S/C39H40F2N4O5S/c1-3-45(34-12-8-5-9-13-34)51(50)35-24-32(21-14-27(35)2)43-38(49)44(33-22-19-30(20-23-33)29-10-6-4-7-11-29)25-28-15-17-31(18-16-28)36(46)42-26-39(40,41)37(47)48/h5,8-10,12-24H,3-4,6-7,11,25-26H2,1-2H3,(H,42,46)(H,43,49)(H,47,48). The quantitative estimate of drug-likeness (QED) is 0.129. The summed E-state index contributed by atoms with van der Waals surface area (Å²) in [5, 5.41) is 13.5. The number of alkyl halides is 2. The summed E-state index contributed by atoms with van der Waals surface area (Å²) in [6.07, 6.45) is 6.57. The first-order valence-electron chi connectivity index (χ1n) is 16.7. The van der Waals surface area contributed by atoms with Crippen molar-refractivity contribution in [1.82, 2.24) is 5.32 Å². The molecule has 1 aliphatic carbocycles. The van der Waals surface area contributed by atoms with Gasteiger partial charge in [-0.15, -0.1) is 0 Å². The second kappa shape index (κ2) is 16.6. The van der Waals surface area contributed by atoms with E-state index in [1.54, 1.807) is 33.5 Å². The van der Waals surface area contributed by atoms with Crippen molar-refractivity contribution in [3.8, 4) is 0 Å². The van der Waals surface area contributed by atoms with Crippen LogP contribution < -0.4 is 19.8 Å². The van der Waals surface area contributed by atoms with Crippen LogP contribution in [0.1, 0.15) is 59.7 Å². The maximum absolute atomic E-state index is 14.0. The van der Waals surface area contributed by atoms with Crippen LogP contribution in [0.2, 0.25) is 0 Å². The fourth-order valence-electron chi connectivity index (χ4n) is 5.71. The van der Waals surface area contributed by atoms with Crippen LogP contribution in [0.4, 0.5) is 30.6 Å². The molecule has 1 atom stereocenters. The largest absolute Gasteiger partial charge is 0.477 e. The van der Waals surface area contributed by atoms with Gasteiger partial charge in [0.15, 0.2) is 11.0 Å². The summed E-state index contributed by atoms with van der Waals surface area (Å²) in [7, 11) is -1.55. The highest BCUT2D eigenvalue weighted by atomic mass is 32.2. The van der Waals surface area contributed by atoms with Crippen molar-refractivity contribution in [3.05, 3.63) is 125 Å². The van der Waals surface area contributed by atoms with Crippen LogP contribution in [0.3, 0.4) is 0 Å². The van der Waals surface area contributed by atoms with E-state index in [0.29, 0.717) is 28.4 Å². The number of carbonyl (C=O) groups excluding carboxylic acids is 2. The van der Waals surface area contributed by atoms with E-state index >= 15 is 0 Å². The van der Waals surface area contributed by atoms with Crippen molar-refractivity contribution >= 4 is 51.5 Å². The molecule has 266 valence electrons. The van der Waals surface area contributed by atoms with Gasteiger partial charge in [0, 0.05) is 29.2 Å². The van der Waals surface area contributed by atoms with Crippen molar-refractivity contribution in [1.29, 1.82) is 0 Å². The Morgan fingerprint density at radius 3 is 2.24 bits per heavy atom. The number of urea groups is 1. The minimum atomic E-state index is -4.10. The molecule has 0 bridgehead atoms. The van der Waals surface area contributed by atoms with Crippen molar-refractivity contribution in [2.75, 3.05) is 27.6 Å². The lowest BCUT2D eigenvalue weighted by Crippen LogP contribution is -2.42. The Hall–Kier alpha value is -5.36. The number of benzene rings is 4. The number of nitrogens with zero attached hydrogens (tertiary/aromatic N) is 2. The molecule has 0 aliphatic heterocycles. The molecule has 0 fully saturated rings. The van der Waals surface area contributed by atoms with Gasteiger partial charge in [-0.25, -0.2) is 13.8 Å². The predicted molar refractivity (Wildman–Crippen MR) is 196 cm³/mol. The van der Waals surface area contributed by atoms with E-state index in [0.717, 1.165) is 36.1 Å². The van der Waals surface area contributed by atoms with Gasteiger partial charge in [-0.2, -0.15) is 8.78 Å². The second-order valence-electron chi connectivity index (χ2n) is 12.2. The highest BCUT2D eigenvalue weighted by Gasteiger charge is 2.39.